The number of aliphatic carboxylic acids is 1. The molecule has 52 heavy (non-hydrogen) atoms. The van der Waals surface area contributed by atoms with Crippen molar-refractivity contribution in [2.75, 3.05) is 64.8 Å². The normalized spacial score (nSPS) is 17.9. The summed E-state index contributed by atoms with van der Waals surface area (Å²) in [6, 6.07) is 6.15. The van der Waals surface area contributed by atoms with E-state index in [0.29, 0.717) is 40.9 Å². The first-order valence-electron chi connectivity index (χ1n) is 17.7. The maximum Gasteiger partial charge on any atom is 0.329 e. The van der Waals surface area contributed by atoms with E-state index in [-0.39, 0.29) is 53.3 Å². The fourth-order valence-electron chi connectivity index (χ4n) is 7.12. The highest BCUT2D eigenvalue weighted by Gasteiger charge is 2.45. The van der Waals surface area contributed by atoms with Crippen molar-refractivity contribution in [2.45, 2.75) is 51.0 Å². The Balaban J connectivity index is 1.22. The third-order valence-electron chi connectivity index (χ3n) is 10.0. The number of anilines is 1. The number of piperidine rings is 1. The summed E-state index contributed by atoms with van der Waals surface area (Å²) in [4.78, 5) is 27.3. The molecular formula is C38H42F2N6O6. The SMILES string of the molecule is C#Cc1c(F)ccc2cc(OCOC)cc(-c3ncc4c(N5CCCCCN5)nc(OCC5(CN6CCC(OCC(=O)O)CC6)CC5)nc4c3F)c12. The number of carboxylic acids is 1. The third-order valence-corrected chi connectivity index (χ3v) is 10.0. The lowest BCUT2D eigenvalue weighted by Crippen LogP contribution is -2.41. The van der Waals surface area contributed by atoms with Gasteiger partial charge in [0.2, 0.25) is 0 Å². The zero-order chi connectivity index (χ0) is 36.2. The minimum absolute atomic E-state index is 0.0133. The zero-order valence-electron chi connectivity index (χ0n) is 29.1. The second kappa shape index (κ2) is 15.5. The molecule has 4 aromatic rings. The van der Waals surface area contributed by atoms with Gasteiger partial charge in [0, 0.05) is 62.4 Å². The number of rotatable bonds is 13. The quantitative estimate of drug-likeness (QED) is 0.137. The second-order valence-corrected chi connectivity index (χ2v) is 13.8. The van der Waals surface area contributed by atoms with Crippen molar-refractivity contribution in [3.8, 4) is 35.4 Å². The molecule has 1 aliphatic carbocycles. The van der Waals surface area contributed by atoms with Crippen molar-refractivity contribution < 1.29 is 37.6 Å². The number of nitrogens with zero attached hydrogens (tertiary/aromatic N) is 5. The highest BCUT2D eigenvalue weighted by atomic mass is 19.1. The first-order valence-corrected chi connectivity index (χ1v) is 17.7. The van der Waals surface area contributed by atoms with Crippen molar-refractivity contribution in [1.82, 2.24) is 25.3 Å². The lowest BCUT2D eigenvalue weighted by molar-refractivity contribution is -0.145. The maximum atomic E-state index is 17.0. The number of methoxy groups -OCH3 is 1. The Morgan fingerprint density at radius 2 is 1.94 bits per heavy atom. The Hall–Kier alpha value is -4.68. The van der Waals surface area contributed by atoms with Crippen LogP contribution in [0, 0.1) is 29.4 Å². The zero-order valence-corrected chi connectivity index (χ0v) is 29.1. The number of carboxylic acid groups (broad SMARTS) is 1. The average molecular weight is 717 g/mol. The van der Waals surface area contributed by atoms with Gasteiger partial charge in [0.25, 0.3) is 0 Å². The summed E-state index contributed by atoms with van der Waals surface area (Å²) in [5.74, 6) is 0.962. The van der Waals surface area contributed by atoms with Crippen LogP contribution >= 0.6 is 0 Å². The summed E-state index contributed by atoms with van der Waals surface area (Å²) in [5, 5.41) is 12.1. The van der Waals surface area contributed by atoms with Crippen molar-refractivity contribution >= 4 is 33.5 Å². The number of carbonyl (C=O) groups is 1. The number of ether oxygens (including phenoxy) is 4. The largest absolute Gasteiger partial charge is 0.480 e. The molecule has 0 bridgehead atoms. The Bertz CT molecular complexity index is 1990. The summed E-state index contributed by atoms with van der Waals surface area (Å²) in [6.45, 7) is 3.84. The number of hydrogen-bond acceptors (Lipinski definition) is 11. The van der Waals surface area contributed by atoms with E-state index >= 15 is 8.78 Å². The second-order valence-electron chi connectivity index (χ2n) is 13.8. The number of benzene rings is 2. The number of aromatic nitrogens is 3. The van der Waals surface area contributed by atoms with Crippen molar-refractivity contribution in [2.24, 2.45) is 5.41 Å². The fourth-order valence-corrected chi connectivity index (χ4v) is 7.12. The van der Waals surface area contributed by atoms with E-state index in [2.05, 4.69) is 26.2 Å². The monoisotopic (exact) mass is 716 g/mol. The number of halogens is 2. The van der Waals surface area contributed by atoms with Gasteiger partial charge in [0.15, 0.2) is 18.4 Å². The average Bonchev–Trinajstić information content (AvgIpc) is 3.97. The predicted octanol–water partition coefficient (Wildman–Crippen LogP) is 5.31. The molecule has 7 rings (SSSR count). The lowest BCUT2D eigenvalue weighted by Gasteiger charge is -2.34. The van der Waals surface area contributed by atoms with Gasteiger partial charge in [-0.15, -0.1) is 6.42 Å². The van der Waals surface area contributed by atoms with Gasteiger partial charge in [-0.1, -0.05) is 18.4 Å². The molecule has 274 valence electrons. The van der Waals surface area contributed by atoms with Gasteiger partial charge in [0.05, 0.1) is 23.7 Å². The summed E-state index contributed by atoms with van der Waals surface area (Å²) in [7, 11) is 1.49. The van der Waals surface area contributed by atoms with Crippen LogP contribution in [0.15, 0.2) is 30.5 Å². The van der Waals surface area contributed by atoms with Crippen LogP contribution in [0.4, 0.5) is 14.6 Å². The molecule has 0 spiro atoms. The maximum absolute atomic E-state index is 17.0. The van der Waals surface area contributed by atoms with E-state index in [0.717, 1.165) is 71.1 Å². The molecular weight excluding hydrogens is 674 g/mol. The number of fused-ring (bicyclic) bond motifs is 2. The molecule has 2 N–H and O–H groups in total. The number of pyridine rings is 1. The van der Waals surface area contributed by atoms with Crippen LogP contribution in [0.1, 0.15) is 50.5 Å². The van der Waals surface area contributed by atoms with Crippen molar-refractivity contribution in [3.63, 3.8) is 0 Å². The standard InChI is InChI=1S/C38H42F2N6O6/c1-3-27-30(39)8-7-24-17-26(52-23-49-2)18-28(32(24)27)34-33(40)35-29(19-41-34)36(46-14-6-4-5-13-42-46)44-37(43-35)51-22-38(11-12-38)21-45-15-9-25(10-16-45)50-20-31(47)48/h1,7-8,17-19,25,42H,4-6,9-16,20-23H2,2H3,(H,47,48). The van der Waals surface area contributed by atoms with E-state index < -0.39 is 17.6 Å². The molecule has 12 nitrogen and oxygen atoms in total. The van der Waals surface area contributed by atoms with Crippen molar-refractivity contribution in [1.29, 1.82) is 0 Å². The Kier molecular flexibility index (Phi) is 10.7. The van der Waals surface area contributed by atoms with Crippen LogP contribution in [0.2, 0.25) is 0 Å². The Morgan fingerprint density at radius 3 is 2.69 bits per heavy atom. The molecule has 2 saturated heterocycles. The van der Waals surface area contributed by atoms with E-state index in [1.807, 2.05) is 5.01 Å². The predicted molar refractivity (Wildman–Crippen MR) is 190 cm³/mol. The van der Waals surface area contributed by atoms with Crippen molar-refractivity contribution in [3.05, 3.63) is 47.7 Å². The molecule has 4 heterocycles. The number of hydrogen-bond donors (Lipinski definition) is 2. The van der Waals surface area contributed by atoms with Gasteiger partial charge in [-0.2, -0.15) is 9.97 Å². The van der Waals surface area contributed by atoms with E-state index in [4.69, 9.17) is 35.5 Å². The molecule has 1 saturated carbocycles. The minimum atomic E-state index is -0.960. The number of terminal acetylenes is 1. The van der Waals surface area contributed by atoms with Gasteiger partial charge in [-0.05, 0) is 62.1 Å². The molecule has 0 unspecified atom stereocenters. The summed E-state index contributed by atoms with van der Waals surface area (Å²) >= 11 is 0. The molecule has 2 aromatic heterocycles. The lowest BCUT2D eigenvalue weighted by atomic mass is 9.95. The molecule has 2 aromatic carbocycles. The van der Waals surface area contributed by atoms with Crippen LogP contribution < -0.4 is 19.9 Å². The van der Waals surface area contributed by atoms with Crippen LogP contribution in [0.5, 0.6) is 11.8 Å². The van der Waals surface area contributed by atoms with Crippen LogP contribution in [-0.4, -0.2) is 96.9 Å². The Labute approximate surface area is 300 Å². The number of hydrazine groups is 1. The highest BCUT2D eigenvalue weighted by molar-refractivity contribution is 6.03. The minimum Gasteiger partial charge on any atom is -0.480 e. The summed E-state index contributed by atoms with van der Waals surface area (Å²) < 4.78 is 54.7. The van der Waals surface area contributed by atoms with Gasteiger partial charge in [-0.3, -0.25) is 9.99 Å². The summed E-state index contributed by atoms with van der Waals surface area (Å²) in [5.41, 5.74) is 3.50. The summed E-state index contributed by atoms with van der Waals surface area (Å²) in [6.07, 6.45) is 13.7. The van der Waals surface area contributed by atoms with Gasteiger partial charge >= 0.3 is 12.0 Å². The molecule has 0 radical (unpaired) electrons. The first kappa shape index (κ1) is 35.7. The molecule has 2 aliphatic heterocycles. The Morgan fingerprint density at radius 1 is 1.12 bits per heavy atom. The molecule has 3 aliphatic rings. The molecule has 0 amide bonds. The number of likely N-dealkylation sites (tertiary alicyclic amines) is 1. The first-order chi connectivity index (χ1) is 25.3. The van der Waals surface area contributed by atoms with Gasteiger partial charge in [-0.25, -0.2) is 19.0 Å². The highest BCUT2D eigenvalue weighted by Crippen LogP contribution is 2.47. The van der Waals surface area contributed by atoms with E-state index in [9.17, 15) is 4.79 Å². The molecule has 3 fully saturated rings. The van der Waals surface area contributed by atoms with Crippen LogP contribution in [0.3, 0.4) is 0 Å². The third kappa shape index (κ3) is 7.73. The molecule has 0 atom stereocenters. The topological polar surface area (TPSA) is 131 Å². The van der Waals surface area contributed by atoms with Gasteiger partial charge < -0.3 is 29.0 Å². The van der Waals surface area contributed by atoms with Gasteiger partial charge in [0.1, 0.15) is 29.4 Å². The van der Waals surface area contributed by atoms with E-state index in [1.54, 1.807) is 18.2 Å². The van der Waals surface area contributed by atoms with E-state index in [1.165, 1.54) is 19.4 Å². The molecule has 14 heteroatoms. The fraction of sp³-hybridized carbons (Fsp3) is 0.474. The number of nitrogens with one attached hydrogen (secondary N) is 1. The van der Waals surface area contributed by atoms with Crippen LogP contribution in [0.25, 0.3) is 32.9 Å². The smallest absolute Gasteiger partial charge is 0.329 e. The van der Waals surface area contributed by atoms with Crippen LogP contribution in [-0.2, 0) is 14.3 Å².